The fraction of sp³-hybridized carbons (Fsp3) is 0.273. The Kier molecular flexibility index (Phi) is 4.67. The molecule has 0 spiro atoms. The fourth-order valence-corrected chi connectivity index (χ4v) is 4.93. The number of amides is 1. The molecule has 0 aliphatic carbocycles. The Morgan fingerprint density at radius 2 is 2.13 bits per heavy atom. The number of nitrogens with zero attached hydrogens (tertiary/aromatic N) is 3. The van der Waals surface area contributed by atoms with Crippen LogP contribution in [0.3, 0.4) is 0 Å². The molecular formula is C22H22FN5OS. The summed E-state index contributed by atoms with van der Waals surface area (Å²) in [5.41, 5.74) is 2.76. The van der Waals surface area contributed by atoms with Gasteiger partial charge in [-0.2, -0.15) is 0 Å². The lowest BCUT2D eigenvalue weighted by Gasteiger charge is -2.19. The van der Waals surface area contributed by atoms with Crippen molar-refractivity contribution in [2.24, 2.45) is 0 Å². The smallest absolute Gasteiger partial charge is 0.272 e. The largest absolute Gasteiger partial charge is 0.351 e. The lowest BCUT2D eigenvalue weighted by molar-refractivity contribution is 0.102. The number of fused-ring (bicyclic) bond motifs is 2. The number of anilines is 2. The van der Waals surface area contributed by atoms with Crippen LogP contribution in [-0.2, 0) is 0 Å². The monoisotopic (exact) mass is 423 g/mol. The van der Waals surface area contributed by atoms with Crippen LogP contribution in [0.25, 0.3) is 21.1 Å². The summed E-state index contributed by atoms with van der Waals surface area (Å²) < 4.78 is 14.4. The summed E-state index contributed by atoms with van der Waals surface area (Å²) in [6, 6.07) is 12.4. The van der Waals surface area contributed by atoms with Crippen molar-refractivity contribution >= 4 is 49.2 Å². The zero-order valence-electron chi connectivity index (χ0n) is 16.8. The zero-order valence-corrected chi connectivity index (χ0v) is 17.6. The number of carbonyl (C=O) groups is 1. The number of thiazole rings is 1. The molecule has 0 bridgehead atoms. The van der Waals surface area contributed by atoms with E-state index in [9.17, 15) is 9.18 Å². The van der Waals surface area contributed by atoms with E-state index in [4.69, 9.17) is 4.98 Å². The number of carbonyl (C=O) groups excluding carboxylic acids is 1. The first-order valence-electron chi connectivity index (χ1n) is 9.88. The second-order valence-corrected chi connectivity index (χ2v) is 8.91. The van der Waals surface area contributed by atoms with E-state index >= 15 is 0 Å². The van der Waals surface area contributed by atoms with Crippen molar-refractivity contribution in [2.45, 2.75) is 12.5 Å². The van der Waals surface area contributed by atoms with Crippen molar-refractivity contribution in [1.29, 1.82) is 0 Å². The molecule has 5 rings (SSSR count). The van der Waals surface area contributed by atoms with E-state index in [2.05, 4.69) is 34.2 Å². The summed E-state index contributed by atoms with van der Waals surface area (Å²) in [5, 5.41) is 4.62. The van der Waals surface area contributed by atoms with Crippen LogP contribution in [0.4, 0.5) is 15.2 Å². The van der Waals surface area contributed by atoms with Gasteiger partial charge in [0.15, 0.2) is 5.13 Å². The molecule has 6 nitrogen and oxygen atoms in total. The second kappa shape index (κ2) is 7.37. The molecule has 4 aromatic rings. The maximum atomic E-state index is 13.4. The Morgan fingerprint density at radius 3 is 2.93 bits per heavy atom. The SMILES string of the molecule is CN(C)[C@@H]1CCN(c2nc3ccc(NC(=O)c4cc5cc(F)ccc5[nH]4)cc3s2)C1. The summed E-state index contributed by atoms with van der Waals surface area (Å²) in [6.07, 6.45) is 1.14. The quantitative estimate of drug-likeness (QED) is 0.513. The van der Waals surface area contributed by atoms with E-state index in [0.29, 0.717) is 22.8 Å². The van der Waals surface area contributed by atoms with Crippen molar-refractivity contribution in [3.05, 3.63) is 54.0 Å². The van der Waals surface area contributed by atoms with Crippen molar-refractivity contribution in [1.82, 2.24) is 14.9 Å². The first-order chi connectivity index (χ1) is 14.5. The number of aromatic amines is 1. The number of rotatable bonds is 4. The van der Waals surface area contributed by atoms with Gasteiger partial charge >= 0.3 is 0 Å². The van der Waals surface area contributed by atoms with Gasteiger partial charge in [0.25, 0.3) is 5.91 Å². The topological polar surface area (TPSA) is 64.3 Å². The second-order valence-electron chi connectivity index (χ2n) is 7.90. The molecule has 0 saturated carbocycles. The lowest BCUT2D eigenvalue weighted by atomic mass is 10.2. The number of nitrogens with one attached hydrogen (secondary N) is 2. The van der Waals surface area contributed by atoms with E-state index in [0.717, 1.165) is 40.4 Å². The van der Waals surface area contributed by atoms with Crippen LogP contribution in [0, 0.1) is 5.82 Å². The molecule has 8 heteroatoms. The average Bonchev–Trinajstić information content (AvgIpc) is 3.44. The predicted molar refractivity (Wildman–Crippen MR) is 120 cm³/mol. The molecule has 2 aromatic heterocycles. The van der Waals surface area contributed by atoms with Crippen molar-refractivity contribution in [2.75, 3.05) is 37.4 Å². The van der Waals surface area contributed by atoms with Gasteiger partial charge in [0, 0.05) is 35.7 Å². The molecule has 3 heterocycles. The Morgan fingerprint density at radius 1 is 1.27 bits per heavy atom. The third-order valence-electron chi connectivity index (χ3n) is 5.63. The summed E-state index contributed by atoms with van der Waals surface area (Å²) >= 11 is 1.65. The lowest BCUT2D eigenvalue weighted by Crippen LogP contribution is -2.31. The molecular weight excluding hydrogens is 401 g/mol. The molecule has 0 unspecified atom stereocenters. The Hall–Kier alpha value is -2.97. The maximum Gasteiger partial charge on any atom is 0.272 e. The van der Waals surface area contributed by atoms with Gasteiger partial charge in [0.2, 0.25) is 0 Å². The molecule has 0 radical (unpaired) electrons. The summed E-state index contributed by atoms with van der Waals surface area (Å²) in [4.78, 5) is 25.1. The van der Waals surface area contributed by atoms with Crippen LogP contribution in [0.2, 0.25) is 0 Å². The van der Waals surface area contributed by atoms with Crippen LogP contribution in [0.1, 0.15) is 16.9 Å². The van der Waals surface area contributed by atoms with Gasteiger partial charge in [-0.15, -0.1) is 0 Å². The van der Waals surface area contributed by atoms with Crippen LogP contribution in [0.15, 0.2) is 42.5 Å². The van der Waals surface area contributed by atoms with Crippen LogP contribution < -0.4 is 10.2 Å². The number of benzene rings is 2. The molecule has 1 aliphatic heterocycles. The fourth-order valence-electron chi connectivity index (χ4n) is 3.89. The molecule has 1 amide bonds. The van der Waals surface area contributed by atoms with E-state index in [-0.39, 0.29) is 11.7 Å². The minimum Gasteiger partial charge on any atom is -0.351 e. The number of aromatic nitrogens is 2. The molecule has 1 saturated heterocycles. The van der Waals surface area contributed by atoms with Crippen LogP contribution >= 0.6 is 11.3 Å². The number of halogens is 1. The maximum absolute atomic E-state index is 13.4. The number of H-pyrrole nitrogens is 1. The molecule has 30 heavy (non-hydrogen) atoms. The first kappa shape index (κ1) is 19.0. The van der Waals surface area contributed by atoms with Crippen LogP contribution in [0.5, 0.6) is 0 Å². The highest BCUT2D eigenvalue weighted by molar-refractivity contribution is 7.22. The van der Waals surface area contributed by atoms with E-state index in [1.165, 1.54) is 12.1 Å². The highest BCUT2D eigenvalue weighted by Gasteiger charge is 2.26. The van der Waals surface area contributed by atoms with E-state index in [1.807, 2.05) is 18.2 Å². The third-order valence-corrected chi connectivity index (χ3v) is 6.71. The molecule has 1 fully saturated rings. The normalized spacial score (nSPS) is 16.8. The van der Waals surface area contributed by atoms with Crippen molar-refractivity contribution < 1.29 is 9.18 Å². The minimum atomic E-state index is -0.324. The molecule has 154 valence electrons. The summed E-state index contributed by atoms with van der Waals surface area (Å²) in [7, 11) is 4.23. The third kappa shape index (κ3) is 3.53. The van der Waals surface area contributed by atoms with Crippen molar-refractivity contribution in [3.8, 4) is 0 Å². The highest BCUT2D eigenvalue weighted by atomic mass is 32.1. The average molecular weight is 424 g/mol. The number of hydrogen-bond acceptors (Lipinski definition) is 5. The molecule has 1 aliphatic rings. The number of likely N-dealkylation sites (N-methyl/N-ethyl adjacent to an activating group) is 1. The van der Waals surface area contributed by atoms with E-state index in [1.54, 1.807) is 23.5 Å². The highest BCUT2D eigenvalue weighted by Crippen LogP contribution is 2.33. The zero-order chi connectivity index (χ0) is 20.8. The van der Waals surface area contributed by atoms with Gasteiger partial charge in [-0.05, 0) is 63.0 Å². The van der Waals surface area contributed by atoms with Gasteiger partial charge in [-0.3, -0.25) is 4.79 Å². The van der Waals surface area contributed by atoms with Gasteiger partial charge in [-0.25, -0.2) is 9.37 Å². The van der Waals surface area contributed by atoms with Gasteiger partial charge in [0.05, 0.1) is 10.2 Å². The van der Waals surface area contributed by atoms with Crippen molar-refractivity contribution in [3.63, 3.8) is 0 Å². The minimum absolute atomic E-state index is 0.260. The van der Waals surface area contributed by atoms with Gasteiger partial charge < -0.3 is 20.1 Å². The first-order valence-corrected chi connectivity index (χ1v) is 10.7. The van der Waals surface area contributed by atoms with Gasteiger partial charge in [0.1, 0.15) is 11.5 Å². The van der Waals surface area contributed by atoms with Gasteiger partial charge in [-0.1, -0.05) is 11.3 Å². The predicted octanol–water partition coefficient (Wildman–Crippen LogP) is 4.31. The standard InChI is InChI=1S/C22H22FN5OS/c1-27(2)16-7-8-28(12-16)22-26-18-6-4-15(11-20(18)30-22)24-21(29)19-10-13-9-14(23)3-5-17(13)25-19/h3-6,9-11,16,25H,7-8,12H2,1-2H3,(H,24,29)/t16-/m1/s1. The molecule has 2 aromatic carbocycles. The molecule has 1 atom stereocenters. The Bertz CT molecular complexity index is 1250. The Labute approximate surface area is 177 Å². The number of hydrogen-bond donors (Lipinski definition) is 2. The summed E-state index contributed by atoms with van der Waals surface area (Å²) in [5.74, 6) is -0.584. The molecule has 2 N–H and O–H groups in total. The van der Waals surface area contributed by atoms with Crippen LogP contribution in [-0.4, -0.2) is 54.0 Å². The summed E-state index contributed by atoms with van der Waals surface area (Å²) in [6.45, 7) is 1.99. The van der Waals surface area contributed by atoms with E-state index < -0.39 is 0 Å². The Balaban J connectivity index is 1.35.